The van der Waals surface area contributed by atoms with Crippen LogP contribution in [0.4, 0.5) is 0 Å². The van der Waals surface area contributed by atoms with Crippen molar-refractivity contribution in [2.75, 3.05) is 19.6 Å². The molecule has 1 aliphatic rings. The molecule has 1 aliphatic carbocycles. The Bertz CT molecular complexity index is 282. The van der Waals surface area contributed by atoms with E-state index in [-0.39, 0.29) is 17.7 Å². The summed E-state index contributed by atoms with van der Waals surface area (Å²) >= 11 is 0. The first-order chi connectivity index (χ1) is 8.03. The van der Waals surface area contributed by atoms with Crippen LogP contribution in [0.5, 0.6) is 0 Å². The van der Waals surface area contributed by atoms with Crippen molar-refractivity contribution in [3.05, 3.63) is 0 Å². The highest BCUT2D eigenvalue weighted by molar-refractivity contribution is 5.77. The van der Waals surface area contributed by atoms with E-state index in [1.165, 1.54) is 0 Å². The number of rotatable bonds is 7. The van der Waals surface area contributed by atoms with Gasteiger partial charge in [0.2, 0.25) is 5.91 Å². The first-order valence-corrected chi connectivity index (χ1v) is 6.22. The normalized spacial score (nSPS) is 17.3. The third-order valence-corrected chi connectivity index (χ3v) is 3.70. The highest BCUT2D eigenvalue weighted by Crippen LogP contribution is 2.43. The van der Waals surface area contributed by atoms with E-state index in [0.717, 1.165) is 19.3 Å². The Morgan fingerprint density at radius 2 is 2.06 bits per heavy atom. The molecule has 0 aromatic heterocycles. The smallest absolute Gasteiger partial charge is 0.305 e. The predicted octanol–water partition coefficient (Wildman–Crippen LogP) is 0.829. The molecule has 3 N–H and O–H groups in total. The van der Waals surface area contributed by atoms with Crippen LogP contribution in [0.1, 0.15) is 39.0 Å². The number of hydrogen-bond donors (Lipinski definition) is 2. The van der Waals surface area contributed by atoms with Gasteiger partial charge in [-0.15, -0.1) is 0 Å². The number of aliphatic carboxylic acids is 1. The van der Waals surface area contributed by atoms with Crippen molar-refractivity contribution in [1.29, 1.82) is 0 Å². The summed E-state index contributed by atoms with van der Waals surface area (Å²) in [5, 5.41) is 8.62. The van der Waals surface area contributed by atoms with Gasteiger partial charge >= 0.3 is 5.97 Å². The molecule has 0 unspecified atom stereocenters. The first kappa shape index (κ1) is 14.0. The van der Waals surface area contributed by atoms with Gasteiger partial charge in [0.05, 0.1) is 6.42 Å². The van der Waals surface area contributed by atoms with Gasteiger partial charge in [-0.3, -0.25) is 9.59 Å². The molecule has 1 fully saturated rings. The zero-order valence-electron chi connectivity index (χ0n) is 10.4. The zero-order chi connectivity index (χ0) is 12.9. The Morgan fingerprint density at radius 3 is 2.41 bits per heavy atom. The Labute approximate surface area is 102 Å². The maximum Gasteiger partial charge on any atom is 0.305 e. The summed E-state index contributed by atoms with van der Waals surface area (Å²) < 4.78 is 0. The second kappa shape index (κ2) is 6.00. The summed E-state index contributed by atoms with van der Waals surface area (Å²) in [6, 6.07) is 0. The molecule has 17 heavy (non-hydrogen) atoms. The number of nitrogens with two attached hydrogens (primary N) is 1. The molecule has 5 nitrogen and oxygen atoms in total. The second-order valence-electron chi connectivity index (χ2n) is 4.85. The van der Waals surface area contributed by atoms with Crippen molar-refractivity contribution in [2.45, 2.75) is 39.0 Å². The average molecular weight is 242 g/mol. The van der Waals surface area contributed by atoms with Gasteiger partial charge in [-0.05, 0) is 31.7 Å². The van der Waals surface area contributed by atoms with Crippen LogP contribution < -0.4 is 5.73 Å². The summed E-state index contributed by atoms with van der Waals surface area (Å²) in [6.45, 7) is 3.28. The number of carboxylic acid groups (broad SMARTS) is 1. The monoisotopic (exact) mass is 242 g/mol. The molecule has 1 amide bonds. The highest BCUT2D eigenvalue weighted by Gasteiger charge is 2.38. The van der Waals surface area contributed by atoms with Gasteiger partial charge in [0, 0.05) is 19.5 Å². The number of hydrogen-bond acceptors (Lipinski definition) is 3. The van der Waals surface area contributed by atoms with Gasteiger partial charge in [-0.1, -0.05) is 6.42 Å². The summed E-state index contributed by atoms with van der Waals surface area (Å²) in [5.74, 6) is -0.827. The molecule has 1 rings (SSSR count). The number of carbonyl (C=O) groups excluding carboxylic acids is 1. The van der Waals surface area contributed by atoms with Crippen molar-refractivity contribution in [3.8, 4) is 0 Å². The SMILES string of the molecule is CCN(CCC(=O)O)C(=O)CC1(CN)CCC1. The van der Waals surface area contributed by atoms with Crippen molar-refractivity contribution in [2.24, 2.45) is 11.1 Å². The fourth-order valence-corrected chi connectivity index (χ4v) is 2.25. The summed E-state index contributed by atoms with van der Waals surface area (Å²) in [7, 11) is 0. The van der Waals surface area contributed by atoms with Crippen LogP contribution in [-0.4, -0.2) is 41.5 Å². The van der Waals surface area contributed by atoms with Gasteiger partial charge in [-0.25, -0.2) is 0 Å². The Hall–Kier alpha value is -1.10. The van der Waals surface area contributed by atoms with Crippen molar-refractivity contribution in [1.82, 2.24) is 4.90 Å². The molecular formula is C12H22N2O3. The van der Waals surface area contributed by atoms with Gasteiger partial charge in [0.15, 0.2) is 0 Å². The topological polar surface area (TPSA) is 83.6 Å². The number of amides is 1. The van der Waals surface area contributed by atoms with Crippen LogP contribution >= 0.6 is 0 Å². The van der Waals surface area contributed by atoms with E-state index in [0.29, 0.717) is 26.1 Å². The van der Waals surface area contributed by atoms with Gasteiger partial charge in [-0.2, -0.15) is 0 Å². The molecule has 0 saturated heterocycles. The van der Waals surface area contributed by atoms with Gasteiger partial charge in [0.1, 0.15) is 0 Å². The van der Waals surface area contributed by atoms with E-state index < -0.39 is 5.97 Å². The molecule has 0 atom stereocenters. The highest BCUT2D eigenvalue weighted by atomic mass is 16.4. The quantitative estimate of drug-likeness (QED) is 0.692. The third kappa shape index (κ3) is 3.70. The minimum Gasteiger partial charge on any atom is -0.481 e. The molecule has 0 radical (unpaired) electrons. The lowest BCUT2D eigenvalue weighted by Gasteiger charge is -2.41. The number of carbonyl (C=O) groups is 2. The fraction of sp³-hybridized carbons (Fsp3) is 0.833. The van der Waals surface area contributed by atoms with Crippen LogP contribution in [0.25, 0.3) is 0 Å². The van der Waals surface area contributed by atoms with E-state index >= 15 is 0 Å². The minimum absolute atomic E-state index is 0.00622. The summed E-state index contributed by atoms with van der Waals surface area (Å²) in [5.41, 5.74) is 5.71. The Balaban J connectivity index is 2.45. The molecular weight excluding hydrogens is 220 g/mol. The van der Waals surface area contributed by atoms with Crippen LogP contribution in [-0.2, 0) is 9.59 Å². The van der Waals surface area contributed by atoms with E-state index in [1.807, 2.05) is 6.92 Å². The van der Waals surface area contributed by atoms with Crippen LogP contribution in [0.15, 0.2) is 0 Å². The summed E-state index contributed by atoms with van der Waals surface area (Å²) in [6.07, 6.45) is 3.66. The third-order valence-electron chi connectivity index (χ3n) is 3.70. The maximum atomic E-state index is 12.0. The van der Waals surface area contributed by atoms with E-state index in [1.54, 1.807) is 4.90 Å². The molecule has 0 aromatic carbocycles. The van der Waals surface area contributed by atoms with Crippen molar-refractivity contribution in [3.63, 3.8) is 0 Å². The van der Waals surface area contributed by atoms with Crippen LogP contribution in [0.3, 0.4) is 0 Å². The molecule has 98 valence electrons. The Morgan fingerprint density at radius 1 is 1.41 bits per heavy atom. The number of nitrogens with zero attached hydrogens (tertiary/aromatic N) is 1. The standard InChI is InChI=1S/C12H22N2O3/c1-2-14(7-4-11(16)17)10(15)8-12(9-13)5-3-6-12/h2-9,13H2,1H3,(H,16,17). The van der Waals surface area contributed by atoms with Gasteiger partial charge in [0.25, 0.3) is 0 Å². The molecule has 0 heterocycles. The molecule has 0 bridgehead atoms. The minimum atomic E-state index is -0.867. The second-order valence-corrected chi connectivity index (χ2v) is 4.85. The first-order valence-electron chi connectivity index (χ1n) is 6.22. The molecule has 0 spiro atoms. The van der Waals surface area contributed by atoms with Crippen molar-refractivity contribution >= 4 is 11.9 Å². The predicted molar refractivity (Wildman–Crippen MR) is 64.5 cm³/mol. The molecule has 0 aliphatic heterocycles. The maximum absolute atomic E-state index is 12.0. The average Bonchev–Trinajstić information content (AvgIpc) is 2.24. The van der Waals surface area contributed by atoms with E-state index in [2.05, 4.69) is 0 Å². The molecule has 5 heteroatoms. The lowest BCUT2D eigenvalue weighted by atomic mass is 9.66. The molecule has 1 saturated carbocycles. The van der Waals surface area contributed by atoms with Crippen LogP contribution in [0.2, 0.25) is 0 Å². The van der Waals surface area contributed by atoms with Gasteiger partial charge < -0.3 is 15.7 Å². The Kier molecular flexibility index (Phi) is 4.93. The number of carboxylic acids is 1. The molecule has 0 aromatic rings. The lowest BCUT2D eigenvalue weighted by molar-refractivity contribution is -0.139. The van der Waals surface area contributed by atoms with E-state index in [4.69, 9.17) is 10.8 Å². The van der Waals surface area contributed by atoms with E-state index in [9.17, 15) is 9.59 Å². The van der Waals surface area contributed by atoms with Crippen molar-refractivity contribution < 1.29 is 14.7 Å². The lowest BCUT2D eigenvalue weighted by Crippen LogP contribution is -2.43. The summed E-state index contributed by atoms with van der Waals surface area (Å²) in [4.78, 5) is 24.1. The zero-order valence-corrected chi connectivity index (χ0v) is 10.4. The van der Waals surface area contributed by atoms with Crippen LogP contribution in [0, 0.1) is 5.41 Å². The fourth-order valence-electron chi connectivity index (χ4n) is 2.25. The largest absolute Gasteiger partial charge is 0.481 e.